The maximum Gasteiger partial charge on any atom is 0.308 e. The van der Waals surface area contributed by atoms with Crippen LogP contribution in [0.25, 0.3) is 0 Å². The van der Waals surface area contributed by atoms with E-state index in [1.807, 2.05) is 0 Å². The predicted molar refractivity (Wildman–Crippen MR) is 59.5 cm³/mol. The molecule has 1 fully saturated rings. The van der Waals surface area contributed by atoms with Crippen LogP contribution < -0.4 is 4.90 Å². The number of nitrogens with zero attached hydrogens (tertiary/aromatic N) is 1. The van der Waals surface area contributed by atoms with Gasteiger partial charge in [-0.3, -0.25) is 9.59 Å². The summed E-state index contributed by atoms with van der Waals surface area (Å²) < 4.78 is 13.2. The van der Waals surface area contributed by atoms with E-state index in [1.54, 1.807) is 0 Å². The Morgan fingerprint density at radius 2 is 2.24 bits per heavy atom. The Morgan fingerprint density at radius 1 is 1.53 bits per heavy atom. The van der Waals surface area contributed by atoms with E-state index in [9.17, 15) is 14.0 Å². The van der Waals surface area contributed by atoms with Crippen LogP contribution in [0.5, 0.6) is 0 Å². The number of hydrogen-bond donors (Lipinski definition) is 1. The first kappa shape index (κ1) is 11.9. The summed E-state index contributed by atoms with van der Waals surface area (Å²) in [5.41, 5.74) is 0.334. The minimum atomic E-state index is -1.02. The molecule has 1 heterocycles. The highest BCUT2D eigenvalue weighted by Gasteiger charge is 2.35. The van der Waals surface area contributed by atoms with Gasteiger partial charge in [-0.2, -0.15) is 0 Å². The van der Waals surface area contributed by atoms with Crippen molar-refractivity contribution >= 4 is 29.2 Å². The fourth-order valence-electron chi connectivity index (χ4n) is 1.78. The molecule has 1 N–H and O–H groups in total. The van der Waals surface area contributed by atoms with Crippen molar-refractivity contribution in [2.75, 3.05) is 11.4 Å². The summed E-state index contributed by atoms with van der Waals surface area (Å²) in [6.07, 6.45) is -0.0560. The summed E-state index contributed by atoms with van der Waals surface area (Å²) >= 11 is 5.53. The summed E-state index contributed by atoms with van der Waals surface area (Å²) in [6, 6.07) is 3.96. The summed E-state index contributed by atoms with van der Waals surface area (Å²) in [5.74, 6) is -2.70. The van der Waals surface area contributed by atoms with Crippen LogP contribution in [-0.2, 0) is 9.59 Å². The Hall–Kier alpha value is -1.62. The summed E-state index contributed by atoms with van der Waals surface area (Å²) in [4.78, 5) is 23.6. The molecule has 0 spiro atoms. The van der Waals surface area contributed by atoms with Crippen LogP contribution in [0.4, 0.5) is 10.1 Å². The topological polar surface area (TPSA) is 57.6 Å². The van der Waals surface area contributed by atoms with Crippen molar-refractivity contribution in [3.8, 4) is 0 Å². The van der Waals surface area contributed by atoms with Crippen molar-refractivity contribution in [2.45, 2.75) is 6.42 Å². The zero-order valence-electron chi connectivity index (χ0n) is 8.69. The van der Waals surface area contributed by atoms with E-state index in [-0.39, 0.29) is 23.9 Å². The third-order valence-corrected chi connectivity index (χ3v) is 3.00. The monoisotopic (exact) mass is 257 g/mol. The van der Waals surface area contributed by atoms with Crippen LogP contribution >= 0.6 is 11.6 Å². The van der Waals surface area contributed by atoms with Crippen molar-refractivity contribution in [3.05, 3.63) is 29.0 Å². The van der Waals surface area contributed by atoms with Gasteiger partial charge in [0, 0.05) is 18.7 Å². The van der Waals surface area contributed by atoms with Crippen molar-refractivity contribution < 1.29 is 19.1 Å². The van der Waals surface area contributed by atoms with Crippen LogP contribution in [0.3, 0.4) is 0 Å². The SMILES string of the molecule is O=C(O)C1CC(=O)N(c2ccc(Cl)c(F)c2)C1. The van der Waals surface area contributed by atoms with Crippen LogP contribution in [0.15, 0.2) is 18.2 Å². The second-order valence-electron chi connectivity index (χ2n) is 3.84. The number of hydrogen-bond acceptors (Lipinski definition) is 2. The summed E-state index contributed by atoms with van der Waals surface area (Å²) in [7, 11) is 0. The Labute approximate surface area is 102 Å². The van der Waals surface area contributed by atoms with Gasteiger partial charge in [0.25, 0.3) is 0 Å². The Morgan fingerprint density at radius 3 is 2.76 bits per heavy atom. The van der Waals surface area contributed by atoms with E-state index in [0.29, 0.717) is 5.69 Å². The van der Waals surface area contributed by atoms with Crippen LogP contribution in [0, 0.1) is 11.7 Å². The van der Waals surface area contributed by atoms with Gasteiger partial charge in [-0.25, -0.2) is 4.39 Å². The predicted octanol–water partition coefficient (Wildman–Crippen LogP) is 1.92. The maximum atomic E-state index is 13.2. The van der Waals surface area contributed by atoms with Gasteiger partial charge in [-0.15, -0.1) is 0 Å². The lowest BCUT2D eigenvalue weighted by molar-refractivity contribution is -0.141. The van der Waals surface area contributed by atoms with E-state index < -0.39 is 17.7 Å². The molecular weight excluding hydrogens is 249 g/mol. The smallest absolute Gasteiger partial charge is 0.308 e. The van der Waals surface area contributed by atoms with Gasteiger partial charge in [-0.05, 0) is 18.2 Å². The first-order chi connectivity index (χ1) is 7.99. The van der Waals surface area contributed by atoms with Gasteiger partial charge in [0.15, 0.2) is 0 Å². The molecule has 1 aliphatic heterocycles. The molecule has 17 heavy (non-hydrogen) atoms. The molecule has 6 heteroatoms. The quantitative estimate of drug-likeness (QED) is 0.881. The number of benzene rings is 1. The second kappa shape index (κ2) is 4.33. The number of carbonyl (C=O) groups is 2. The molecule has 1 unspecified atom stereocenters. The second-order valence-corrected chi connectivity index (χ2v) is 4.25. The Balaban J connectivity index is 2.26. The number of rotatable bonds is 2. The molecule has 1 atom stereocenters. The average Bonchev–Trinajstić information content (AvgIpc) is 2.65. The van der Waals surface area contributed by atoms with Crippen molar-refractivity contribution in [2.24, 2.45) is 5.92 Å². The lowest BCUT2D eigenvalue weighted by Crippen LogP contribution is -2.25. The molecule has 1 aliphatic rings. The molecule has 1 amide bonds. The van der Waals surface area contributed by atoms with E-state index in [1.165, 1.54) is 17.0 Å². The molecule has 2 rings (SSSR count). The molecule has 1 aromatic rings. The summed E-state index contributed by atoms with van der Waals surface area (Å²) in [6.45, 7) is 0.0647. The lowest BCUT2D eigenvalue weighted by atomic mass is 10.1. The molecule has 1 aromatic carbocycles. The molecule has 0 saturated carbocycles. The number of carboxylic acids is 1. The fourth-order valence-corrected chi connectivity index (χ4v) is 1.89. The van der Waals surface area contributed by atoms with E-state index in [4.69, 9.17) is 16.7 Å². The average molecular weight is 258 g/mol. The van der Waals surface area contributed by atoms with Crippen molar-refractivity contribution in [3.63, 3.8) is 0 Å². The third-order valence-electron chi connectivity index (χ3n) is 2.69. The van der Waals surface area contributed by atoms with Crippen LogP contribution in [-0.4, -0.2) is 23.5 Å². The van der Waals surface area contributed by atoms with Gasteiger partial charge in [-0.1, -0.05) is 11.6 Å². The highest BCUT2D eigenvalue weighted by molar-refractivity contribution is 6.30. The van der Waals surface area contributed by atoms with Crippen LogP contribution in [0.1, 0.15) is 6.42 Å². The fraction of sp³-hybridized carbons (Fsp3) is 0.273. The van der Waals surface area contributed by atoms with Gasteiger partial charge < -0.3 is 10.0 Å². The Kier molecular flexibility index (Phi) is 3.02. The number of anilines is 1. The zero-order chi connectivity index (χ0) is 12.6. The van der Waals surface area contributed by atoms with E-state index in [0.717, 1.165) is 6.07 Å². The first-order valence-corrected chi connectivity index (χ1v) is 5.35. The minimum Gasteiger partial charge on any atom is -0.481 e. The molecule has 0 aliphatic carbocycles. The van der Waals surface area contributed by atoms with Crippen LogP contribution in [0.2, 0.25) is 5.02 Å². The highest BCUT2D eigenvalue weighted by atomic mass is 35.5. The zero-order valence-corrected chi connectivity index (χ0v) is 9.45. The molecular formula is C11H9ClFNO3. The number of amides is 1. The minimum absolute atomic E-state index is 0.0322. The van der Waals surface area contributed by atoms with E-state index >= 15 is 0 Å². The van der Waals surface area contributed by atoms with Gasteiger partial charge in [0.05, 0.1) is 10.9 Å². The Bertz CT molecular complexity index is 492. The molecule has 0 aromatic heterocycles. The third kappa shape index (κ3) is 2.24. The van der Waals surface area contributed by atoms with Crippen molar-refractivity contribution in [1.82, 2.24) is 0 Å². The van der Waals surface area contributed by atoms with Gasteiger partial charge in [0.2, 0.25) is 5.91 Å². The molecule has 4 nitrogen and oxygen atoms in total. The van der Waals surface area contributed by atoms with Gasteiger partial charge in [0.1, 0.15) is 5.82 Å². The molecule has 0 radical (unpaired) electrons. The summed E-state index contributed by atoms with van der Waals surface area (Å²) in [5, 5.41) is 8.79. The standard InChI is InChI=1S/C11H9ClFNO3/c12-8-2-1-7(4-9(8)13)14-5-6(11(16)17)3-10(14)15/h1-2,4,6H,3,5H2,(H,16,17). The first-order valence-electron chi connectivity index (χ1n) is 4.97. The van der Waals surface area contributed by atoms with E-state index in [2.05, 4.69) is 0 Å². The molecule has 90 valence electrons. The largest absolute Gasteiger partial charge is 0.481 e. The van der Waals surface area contributed by atoms with Crippen molar-refractivity contribution in [1.29, 1.82) is 0 Å². The van der Waals surface area contributed by atoms with Gasteiger partial charge >= 0.3 is 5.97 Å². The number of aliphatic carboxylic acids is 1. The molecule has 1 saturated heterocycles. The highest BCUT2D eigenvalue weighted by Crippen LogP contribution is 2.27. The normalized spacial score (nSPS) is 19.8. The number of carboxylic acid groups (broad SMARTS) is 1. The number of carbonyl (C=O) groups excluding carboxylic acids is 1. The maximum absolute atomic E-state index is 13.2. The molecule has 0 bridgehead atoms. The number of halogens is 2. The lowest BCUT2D eigenvalue weighted by Gasteiger charge is -2.16.